The molecule has 0 saturated carbocycles. The Kier molecular flexibility index (Phi) is 6.65. The molecule has 8 heteroatoms. The molecule has 3 aromatic rings. The number of aromatic nitrogens is 2. The number of hydrogen-bond donors (Lipinski definition) is 0. The molecule has 1 amide bonds. The monoisotopic (exact) mass is 498 g/mol. The Hall–Kier alpha value is -3.83. The summed E-state index contributed by atoms with van der Waals surface area (Å²) in [4.78, 5) is 22.7. The van der Waals surface area contributed by atoms with Crippen molar-refractivity contribution >= 4 is 22.5 Å². The number of fused-ring (bicyclic) bond motifs is 1. The van der Waals surface area contributed by atoms with Gasteiger partial charge in [0.1, 0.15) is 17.6 Å². The van der Waals surface area contributed by atoms with E-state index in [-0.39, 0.29) is 23.4 Å². The molecule has 2 aliphatic heterocycles. The average Bonchev–Trinajstić information content (AvgIpc) is 3.26. The number of amides is 1. The molecule has 0 aliphatic carbocycles. The van der Waals surface area contributed by atoms with Crippen LogP contribution in [0.5, 0.6) is 0 Å². The zero-order valence-corrected chi connectivity index (χ0v) is 21.7. The fourth-order valence-electron chi connectivity index (χ4n) is 5.50. The number of hydrogen-bond acceptors (Lipinski definition) is 5. The first-order chi connectivity index (χ1) is 17.7. The van der Waals surface area contributed by atoms with Crippen molar-refractivity contribution in [1.29, 1.82) is 5.26 Å². The van der Waals surface area contributed by atoms with Gasteiger partial charge in [-0.2, -0.15) is 10.4 Å². The van der Waals surface area contributed by atoms with Crippen molar-refractivity contribution in [3.63, 3.8) is 0 Å². The molecule has 1 aromatic heterocycles. The van der Waals surface area contributed by atoms with Gasteiger partial charge in [0, 0.05) is 44.2 Å². The highest BCUT2D eigenvalue weighted by molar-refractivity contribution is 6.10. The minimum absolute atomic E-state index is 0.0161. The predicted molar refractivity (Wildman–Crippen MR) is 142 cm³/mol. The lowest BCUT2D eigenvalue weighted by Gasteiger charge is -2.36. The average molecular weight is 499 g/mol. The number of likely N-dealkylation sites (tertiary alicyclic amines) is 1. The maximum absolute atomic E-state index is 14.7. The van der Waals surface area contributed by atoms with Gasteiger partial charge in [0.05, 0.1) is 16.8 Å². The minimum atomic E-state index is -0.592. The second kappa shape index (κ2) is 9.91. The van der Waals surface area contributed by atoms with Crippen LogP contribution in [-0.2, 0) is 11.8 Å². The SMILES string of the molecule is CC1=C(C(=O)N(C)[C@@H]2CCCN(C)C2)N=C(c2ccc(C#N)c(F)c2)C(c2ccc3nn(C)cc3c2)C1. The van der Waals surface area contributed by atoms with E-state index in [1.54, 1.807) is 10.7 Å². The van der Waals surface area contributed by atoms with E-state index in [1.165, 1.54) is 12.1 Å². The van der Waals surface area contributed by atoms with Crippen molar-refractivity contribution in [1.82, 2.24) is 19.6 Å². The maximum Gasteiger partial charge on any atom is 0.272 e. The lowest BCUT2D eigenvalue weighted by atomic mass is 9.82. The summed E-state index contributed by atoms with van der Waals surface area (Å²) in [5, 5.41) is 14.7. The molecule has 1 saturated heterocycles. The van der Waals surface area contributed by atoms with Crippen LogP contribution < -0.4 is 0 Å². The molecule has 2 atom stereocenters. The highest BCUT2D eigenvalue weighted by Gasteiger charge is 2.32. The van der Waals surface area contributed by atoms with Crippen molar-refractivity contribution in [3.05, 3.63) is 76.4 Å². The zero-order valence-electron chi connectivity index (χ0n) is 21.7. The van der Waals surface area contributed by atoms with Crippen LogP contribution in [-0.4, -0.2) is 64.4 Å². The molecule has 1 unspecified atom stereocenters. The third kappa shape index (κ3) is 4.79. The molecular formula is C29H31FN6O. The van der Waals surface area contributed by atoms with Crippen LogP contribution in [0.4, 0.5) is 4.39 Å². The number of aryl methyl sites for hydroxylation is 1. The number of halogens is 1. The molecule has 0 N–H and O–H groups in total. The molecule has 3 heterocycles. The Morgan fingerprint density at radius 3 is 2.76 bits per heavy atom. The van der Waals surface area contributed by atoms with Gasteiger partial charge in [-0.1, -0.05) is 12.1 Å². The Bertz CT molecular complexity index is 1480. The molecule has 7 nitrogen and oxygen atoms in total. The number of benzene rings is 2. The van der Waals surface area contributed by atoms with Gasteiger partial charge in [0.25, 0.3) is 5.91 Å². The molecule has 190 valence electrons. The van der Waals surface area contributed by atoms with Crippen molar-refractivity contribution in [3.8, 4) is 6.07 Å². The second-order valence-electron chi connectivity index (χ2n) is 10.3. The van der Waals surface area contributed by atoms with Crippen LogP contribution in [0.15, 0.2) is 58.9 Å². The van der Waals surface area contributed by atoms with Gasteiger partial charge in [0.15, 0.2) is 0 Å². The van der Waals surface area contributed by atoms with Crippen LogP contribution >= 0.6 is 0 Å². The first-order valence-corrected chi connectivity index (χ1v) is 12.6. The van der Waals surface area contributed by atoms with Crippen molar-refractivity contribution in [2.24, 2.45) is 12.0 Å². The Labute approximate surface area is 216 Å². The fraction of sp³-hybridized carbons (Fsp3) is 0.379. The predicted octanol–water partition coefficient (Wildman–Crippen LogP) is 4.39. The maximum atomic E-state index is 14.7. The molecule has 2 aliphatic rings. The second-order valence-corrected chi connectivity index (χ2v) is 10.3. The Morgan fingerprint density at radius 2 is 2.03 bits per heavy atom. The summed E-state index contributed by atoms with van der Waals surface area (Å²) in [6.45, 7) is 3.83. The van der Waals surface area contributed by atoms with E-state index < -0.39 is 5.82 Å². The molecule has 1 fully saturated rings. The highest BCUT2D eigenvalue weighted by Crippen LogP contribution is 2.36. The van der Waals surface area contributed by atoms with E-state index in [4.69, 9.17) is 4.99 Å². The summed E-state index contributed by atoms with van der Waals surface area (Å²) in [5.41, 5.74) is 4.45. The number of aliphatic imine (C=N–C) groups is 1. The van der Waals surface area contributed by atoms with Crippen LogP contribution in [0.1, 0.15) is 48.8 Å². The quantitative estimate of drug-likeness (QED) is 0.535. The first kappa shape index (κ1) is 24.8. The number of piperidine rings is 1. The van der Waals surface area contributed by atoms with Crippen molar-refractivity contribution in [2.75, 3.05) is 27.2 Å². The topological polar surface area (TPSA) is 77.5 Å². The van der Waals surface area contributed by atoms with E-state index in [2.05, 4.69) is 23.1 Å². The Morgan fingerprint density at radius 1 is 1.22 bits per heavy atom. The number of nitriles is 1. The van der Waals surface area contributed by atoms with E-state index in [0.29, 0.717) is 23.4 Å². The normalized spacial score (nSPS) is 20.6. The molecule has 5 rings (SSSR count). The van der Waals surface area contributed by atoms with E-state index in [1.807, 2.05) is 50.3 Å². The summed E-state index contributed by atoms with van der Waals surface area (Å²) in [6.07, 6.45) is 4.57. The molecule has 0 radical (unpaired) electrons. The summed E-state index contributed by atoms with van der Waals surface area (Å²) < 4.78 is 16.5. The third-order valence-electron chi connectivity index (χ3n) is 7.58. The standard InChI is InChI=1S/C29H31FN6O/c1-18-12-24(19-9-10-26-22(13-19)16-35(3)33-26)28(20-7-8-21(15-31)25(30)14-20)32-27(18)29(37)36(4)23-6-5-11-34(2)17-23/h7-10,13-14,16,23-24H,5-6,11-12,17H2,1-4H3/t23-,24?/m1/s1. The van der Waals surface area contributed by atoms with Crippen LogP contribution in [0.3, 0.4) is 0 Å². The summed E-state index contributed by atoms with van der Waals surface area (Å²) in [7, 11) is 5.82. The van der Waals surface area contributed by atoms with Gasteiger partial charge in [-0.25, -0.2) is 9.38 Å². The van der Waals surface area contributed by atoms with Gasteiger partial charge in [-0.05, 0) is 80.7 Å². The summed E-state index contributed by atoms with van der Waals surface area (Å²) in [6, 6.07) is 12.7. The van der Waals surface area contributed by atoms with Crippen molar-refractivity contribution in [2.45, 2.75) is 38.1 Å². The molecule has 0 spiro atoms. The number of allylic oxidation sites excluding steroid dienone is 1. The lowest BCUT2D eigenvalue weighted by molar-refractivity contribution is -0.128. The Balaban J connectivity index is 1.56. The van der Waals surface area contributed by atoms with E-state index in [0.717, 1.165) is 48.0 Å². The molecule has 0 bridgehead atoms. The molecular weight excluding hydrogens is 467 g/mol. The minimum Gasteiger partial charge on any atom is -0.336 e. The largest absolute Gasteiger partial charge is 0.336 e. The number of carbonyl (C=O) groups excluding carboxylic acids is 1. The van der Waals surface area contributed by atoms with Gasteiger partial charge in [0.2, 0.25) is 0 Å². The van der Waals surface area contributed by atoms with Crippen LogP contribution in [0.2, 0.25) is 0 Å². The van der Waals surface area contributed by atoms with Gasteiger partial charge >= 0.3 is 0 Å². The summed E-state index contributed by atoms with van der Waals surface area (Å²) >= 11 is 0. The van der Waals surface area contributed by atoms with Crippen molar-refractivity contribution < 1.29 is 9.18 Å². The molecule has 2 aromatic carbocycles. The molecule has 37 heavy (non-hydrogen) atoms. The number of nitrogens with zero attached hydrogens (tertiary/aromatic N) is 6. The summed E-state index contributed by atoms with van der Waals surface area (Å²) in [5.74, 6) is -0.865. The van der Waals surface area contributed by atoms with Gasteiger partial charge in [-0.15, -0.1) is 0 Å². The number of carbonyl (C=O) groups is 1. The van der Waals surface area contributed by atoms with Crippen LogP contribution in [0, 0.1) is 17.1 Å². The smallest absolute Gasteiger partial charge is 0.272 e. The zero-order chi connectivity index (χ0) is 26.3. The number of rotatable bonds is 4. The van der Waals surface area contributed by atoms with Crippen LogP contribution in [0.25, 0.3) is 10.9 Å². The lowest BCUT2D eigenvalue weighted by Crippen LogP contribution is -2.47. The van der Waals surface area contributed by atoms with E-state index in [9.17, 15) is 14.4 Å². The van der Waals surface area contributed by atoms with E-state index >= 15 is 0 Å². The number of likely N-dealkylation sites (N-methyl/N-ethyl adjacent to an activating group) is 2. The van der Waals surface area contributed by atoms with Gasteiger partial charge in [-0.3, -0.25) is 9.48 Å². The highest BCUT2D eigenvalue weighted by atomic mass is 19.1. The first-order valence-electron chi connectivity index (χ1n) is 12.6. The fourth-order valence-corrected chi connectivity index (χ4v) is 5.50. The van der Waals surface area contributed by atoms with Gasteiger partial charge < -0.3 is 9.80 Å². The third-order valence-corrected chi connectivity index (χ3v) is 7.58.